The molecular formula is C20H25N3O2. The maximum absolute atomic E-state index is 12.8. The lowest BCUT2D eigenvalue weighted by molar-refractivity contribution is 0.0929. The number of nitrogens with two attached hydrogens (primary N) is 1. The van der Waals surface area contributed by atoms with Crippen molar-refractivity contribution in [2.45, 2.75) is 25.3 Å². The summed E-state index contributed by atoms with van der Waals surface area (Å²) in [7, 11) is 1.63. The zero-order valence-electron chi connectivity index (χ0n) is 14.5. The molecule has 1 amide bonds. The normalized spacial score (nSPS) is 19.4. The third kappa shape index (κ3) is 4.12. The molecule has 0 spiro atoms. The summed E-state index contributed by atoms with van der Waals surface area (Å²) in [6, 6.07) is 15.3. The molecule has 5 heteroatoms. The molecule has 2 aromatic rings. The maximum atomic E-state index is 12.8. The van der Waals surface area contributed by atoms with Gasteiger partial charge in [0.1, 0.15) is 5.75 Å². The van der Waals surface area contributed by atoms with Crippen molar-refractivity contribution in [1.29, 1.82) is 0 Å². The Morgan fingerprint density at radius 3 is 2.84 bits per heavy atom. The van der Waals surface area contributed by atoms with E-state index >= 15 is 0 Å². The molecule has 1 saturated carbocycles. The van der Waals surface area contributed by atoms with Gasteiger partial charge in [-0.2, -0.15) is 0 Å². The van der Waals surface area contributed by atoms with Gasteiger partial charge < -0.3 is 21.1 Å². The number of hydrogen-bond donors (Lipinski definition) is 3. The molecule has 1 fully saturated rings. The molecule has 5 nitrogen and oxygen atoms in total. The highest BCUT2D eigenvalue weighted by Crippen LogP contribution is 2.27. The first-order valence-corrected chi connectivity index (χ1v) is 8.72. The predicted octanol–water partition coefficient (Wildman–Crippen LogP) is 3.30. The predicted molar refractivity (Wildman–Crippen MR) is 100 cm³/mol. The smallest absolute Gasteiger partial charge is 0.253 e. The minimum absolute atomic E-state index is 0.0589. The Balaban J connectivity index is 1.77. The molecule has 25 heavy (non-hydrogen) atoms. The monoisotopic (exact) mass is 339 g/mol. The van der Waals surface area contributed by atoms with Gasteiger partial charge in [-0.1, -0.05) is 24.6 Å². The Hall–Kier alpha value is -2.53. The third-order valence-electron chi connectivity index (χ3n) is 4.80. The summed E-state index contributed by atoms with van der Waals surface area (Å²) in [4.78, 5) is 12.8. The van der Waals surface area contributed by atoms with E-state index in [9.17, 15) is 4.79 Å². The lowest BCUT2D eigenvalue weighted by Gasteiger charge is -2.20. The van der Waals surface area contributed by atoms with Gasteiger partial charge in [0.25, 0.3) is 5.91 Å². The molecule has 1 aliphatic carbocycles. The first-order valence-electron chi connectivity index (χ1n) is 8.72. The molecule has 0 saturated heterocycles. The van der Waals surface area contributed by atoms with Crippen molar-refractivity contribution in [3.8, 4) is 5.75 Å². The molecule has 0 radical (unpaired) electrons. The van der Waals surface area contributed by atoms with Gasteiger partial charge in [-0.15, -0.1) is 0 Å². The molecule has 3 rings (SSSR count). The number of carbonyl (C=O) groups excluding carboxylic acids is 1. The molecular weight excluding hydrogens is 314 g/mol. The largest absolute Gasteiger partial charge is 0.497 e. The van der Waals surface area contributed by atoms with E-state index in [0.717, 1.165) is 36.4 Å². The van der Waals surface area contributed by atoms with Crippen LogP contribution in [-0.2, 0) is 0 Å². The van der Waals surface area contributed by atoms with E-state index in [1.165, 1.54) is 0 Å². The van der Waals surface area contributed by atoms with Crippen LogP contribution in [0.5, 0.6) is 5.75 Å². The van der Waals surface area contributed by atoms with E-state index in [4.69, 9.17) is 10.5 Å². The number of nitrogens with one attached hydrogen (secondary N) is 2. The topological polar surface area (TPSA) is 76.4 Å². The highest BCUT2D eigenvalue weighted by Gasteiger charge is 2.28. The molecule has 2 atom stereocenters. The highest BCUT2D eigenvalue weighted by atomic mass is 16.5. The number of ether oxygens (including phenoxy) is 1. The number of methoxy groups -OCH3 is 1. The summed E-state index contributed by atoms with van der Waals surface area (Å²) >= 11 is 0. The standard InChI is InChI=1S/C20H25N3O2/c1-25-16-8-5-7-15(12-16)22-19-10-3-2-9-17(19)20(24)23-18-11-4-6-14(18)13-21/h2-3,5,7-10,12,14,18,22H,4,6,11,13,21H2,1H3,(H,23,24). The van der Waals surface area contributed by atoms with Gasteiger partial charge in [-0.25, -0.2) is 0 Å². The highest BCUT2D eigenvalue weighted by molar-refractivity contribution is 6.00. The number of benzene rings is 2. The summed E-state index contributed by atoms with van der Waals surface area (Å²) in [5, 5.41) is 6.47. The average molecular weight is 339 g/mol. The fraction of sp³-hybridized carbons (Fsp3) is 0.350. The second-order valence-corrected chi connectivity index (χ2v) is 6.41. The van der Waals surface area contributed by atoms with E-state index in [-0.39, 0.29) is 11.9 Å². The van der Waals surface area contributed by atoms with Gasteiger partial charge in [0.15, 0.2) is 0 Å². The van der Waals surface area contributed by atoms with Crippen molar-refractivity contribution in [2.75, 3.05) is 19.0 Å². The van der Waals surface area contributed by atoms with Gasteiger partial charge in [0, 0.05) is 17.8 Å². The van der Waals surface area contributed by atoms with Crippen molar-refractivity contribution in [3.63, 3.8) is 0 Å². The van der Waals surface area contributed by atoms with Gasteiger partial charge >= 0.3 is 0 Å². The molecule has 1 aliphatic rings. The van der Waals surface area contributed by atoms with Crippen molar-refractivity contribution in [3.05, 3.63) is 54.1 Å². The first-order chi connectivity index (χ1) is 12.2. The number of amides is 1. The summed E-state index contributed by atoms with van der Waals surface area (Å²) in [6.45, 7) is 0.620. The van der Waals surface area contributed by atoms with Crippen molar-refractivity contribution < 1.29 is 9.53 Å². The summed E-state index contributed by atoms with van der Waals surface area (Å²) < 4.78 is 5.25. The van der Waals surface area contributed by atoms with Crippen LogP contribution in [0.15, 0.2) is 48.5 Å². The van der Waals surface area contributed by atoms with Crippen LogP contribution in [0.25, 0.3) is 0 Å². The Bertz CT molecular complexity index is 732. The van der Waals surface area contributed by atoms with E-state index < -0.39 is 0 Å². The fourth-order valence-corrected chi connectivity index (χ4v) is 3.40. The van der Waals surface area contributed by atoms with E-state index in [0.29, 0.717) is 18.0 Å². The zero-order valence-corrected chi connectivity index (χ0v) is 14.5. The molecule has 132 valence electrons. The fourth-order valence-electron chi connectivity index (χ4n) is 3.40. The third-order valence-corrected chi connectivity index (χ3v) is 4.80. The van der Waals surface area contributed by atoms with Crippen molar-refractivity contribution in [2.24, 2.45) is 11.7 Å². The van der Waals surface area contributed by atoms with Crippen LogP contribution in [0.2, 0.25) is 0 Å². The Kier molecular flexibility index (Phi) is 5.56. The lowest BCUT2D eigenvalue weighted by Crippen LogP contribution is -2.40. The Labute approximate surface area is 148 Å². The van der Waals surface area contributed by atoms with Crippen molar-refractivity contribution in [1.82, 2.24) is 5.32 Å². The van der Waals surface area contributed by atoms with Crippen LogP contribution in [-0.4, -0.2) is 25.6 Å². The second-order valence-electron chi connectivity index (χ2n) is 6.41. The molecule has 0 heterocycles. The molecule has 0 aliphatic heterocycles. The van der Waals surface area contributed by atoms with Crippen LogP contribution in [0.3, 0.4) is 0 Å². The van der Waals surface area contributed by atoms with E-state index in [1.807, 2.05) is 48.5 Å². The first kappa shape index (κ1) is 17.3. The molecule has 0 aromatic heterocycles. The van der Waals surface area contributed by atoms with E-state index in [1.54, 1.807) is 7.11 Å². The number of carbonyl (C=O) groups is 1. The van der Waals surface area contributed by atoms with Crippen LogP contribution < -0.4 is 21.1 Å². The quantitative estimate of drug-likeness (QED) is 0.755. The summed E-state index contributed by atoms with van der Waals surface area (Å²) in [5.41, 5.74) is 8.10. The lowest BCUT2D eigenvalue weighted by atomic mass is 10.0. The zero-order chi connectivity index (χ0) is 17.6. The van der Waals surface area contributed by atoms with Gasteiger partial charge in [-0.3, -0.25) is 4.79 Å². The van der Waals surface area contributed by atoms with E-state index in [2.05, 4.69) is 10.6 Å². The number of hydrogen-bond acceptors (Lipinski definition) is 4. The maximum Gasteiger partial charge on any atom is 0.253 e. The van der Waals surface area contributed by atoms with Gasteiger partial charge in [0.2, 0.25) is 0 Å². The van der Waals surface area contributed by atoms with Gasteiger partial charge in [-0.05, 0) is 49.6 Å². The van der Waals surface area contributed by atoms with Gasteiger partial charge in [0.05, 0.1) is 18.4 Å². The molecule has 2 unspecified atom stereocenters. The minimum atomic E-state index is -0.0589. The SMILES string of the molecule is COc1cccc(Nc2ccccc2C(=O)NC2CCCC2CN)c1. The van der Waals surface area contributed by atoms with Crippen LogP contribution in [0, 0.1) is 5.92 Å². The minimum Gasteiger partial charge on any atom is -0.497 e. The summed E-state index contributed by atoms with van der Waals surface area (Å²) in [6.07, 6.45) is 3.21. The molecule has 2 aromatic carbocycles. The van der Waals surface area contributed by atoms with Crippen LogP contribution in [0.4, 0.5) is 11.4 Å². The molecule has 0 bridgehead atoms. The number of para-hydroxylation sites is 1. The van der Waals surface area contributed by atoms with Crippen LogP contribution in [0.1, 0.15) is 29.6 Å². The summed E-state index contributed by atoms with van der Waals surface area (Å²) in [5.74, 6) is 1.09. The Morgan fingerprint density at radius 1 is 1.20 bits per heavy atom. The molecule has 4 N–H and O–H groups in total. The van der Waals surface area contributed by atoms with Crippen molar-refractivity contribution >= 4 is 17.3 Å². The average Bonchev–Trinajstić information content (AvgIpc) is 3.09. The number of rotatable bonds is 6. The number of anilines is 2. The van der Waals surface area contributed by atoms with Crippen LogP contribution >= 0.6 is 0 Å². The Morgan fingerprint density at radius 2 is 2.04 bits per heavy atom. The second kappa shape index (κ2) is 8.03.